The van der Waals surface area contributed by atoms with Crippen molar-refractivity contribution < 1.29 is 22.8 Å². The fourth-order valence-corrected chi connectivity index (χ4v) is 1.08. The number of hydrogen-bond acceptors (Lipinski definition) is 7. The Bertz CT molecular complexity index is 454. The molecule has 0 aliphatic rings. The molecule has 19 heavy (non-hydrogen) atoms. The molecule has 11 heteroatoms. The van der Waals surface area contributed by atoms with Crippen LogP contribution in [0.25, 0.3) is 0 Å². The van der Waals surface area contributed by atoms with Gasteiger partial charge in [-0.15, -0.1) is 0 Å². The number of nitrogen functional groups attached to an aromatic ring is 1. The summed E-state index contributed by atoms with van der Waals surface area (Å²) >= 11 is 0. The Morgan fingerprint density at radius 1 is 1.53 bits per heavy atom. The van der Waals surface area contributed by atoms with E-state index in [0.717, 1.165) is 6.20 Å². The van der Waals surface area contributed by atoms with E-state index in [0.29, 0.717) is 0 Å². The minimum Gasteiger partial charge on any atom is -0.370 e. The van der Waals surface area contributed by atoms with Crippen LogP contribution in [0.15, 0.2) is 6.20 Å². The Morgan fingerprint density at radius 2 is 2.21 bits per heavy atom. The van der Waals surface area contributed by atoms with E-state index in [2.05, 4.69) is 20.0 Å². The van der Waals surface area contributed by atoms with Crippen LogP contribution in [-0.4, -0.2) is 40.8 Å². The molecule has 1 rings (SSSR count). The molecule has 1 aromatic rings. The second-order valence-corrected chi connectivity index (χ2v) is 3.31. The number of aromatic nitrogens is 2. The van der Waals surface area contributed by atoms with Gasteiger partial charge in [0.15, 0.2) is 0 Å². The third-order valence-electron chi connectivity index (χ3n) is 1.79. The zero-order valence-corrected chi connectivity index (χ0v) is 9.48. The molecule has 0 unspecified atom stereocenters. The van der Waals surface area contributed by atoms with E-state index < -0.39 is 23.4 Å². The van der Waals surface area contributed by atoms with Gasteiger partial charge < -0.3 is 15.8 Å². The van der Waals surface area contributed by atoms with Crippen LogP contribution in [-0.2, 0) is 4.74 Å². The van der Waals surface area contributed by atoms with Gasteiger partial charge in [-0.05, 0) is 0 Å². The third kappa shape index (κ3) is 5.33. The summed E-state index contributed by atoms with van der Waals surface area (Å²) in [5.74, 6) is -0.364. The summed E-state index contributed by atoms with van der Waals surface area (Å²) in [5, 5.41) is 13.1. The van der Waals surface area contributed by atoms with Gasteiger partial charge in [0.1, 0.15) is 12.8 Å². The predicted octanol–water partition coefficient (Wildman–Crippen LogP) is 0.958. The molecule has 106 valence electrons. The Labute approximate surface area is 104 Å². The SMILES string of the molecule is Nc1ncc([N+](=O)[O-])c(NCCOCC(F)(F)F)n1. The molecule has 3 N–H and O–H groups in total. The van der Waals surface area contributed by atoms with E-state index in [9.17, 15) is 23.3 Å². The highest BCUT2D eigenvalue weighted by Crippen LogP contribution is 2.20. The molecule has 1 heterocycles. The minimum absolute atomic E-state index is 0.0899. The van der Waals surface area contributed by atoms with Gasteiger partial charge in [0, 0.05) is 6.54 Å². The van der Waals surface area contributed by atoms with Crippen molar-refractivity contribution in [3.8, 4) is 0 Å². The van der Waals surface area contributed by atoms with Crippen LogP contribution in [0.1, 0.15) is 0 Å². The zero-order valence-electron chi connectivity index (χ0n) is 9.48. The van der Waals surface area contributed by atoms with Gasteiger partial charge in [-0.3, -0.25) is 10.1 Å². The largest absolute Gasteiger partial charge is 0.411 e. The van der Waals surface area contributed by atoms with E-state index in [-0.39, 0.29) is 24.9 Å². The van der Waals surface area contributed by atoms with E-state index in [4.69, 9.17) is 5.73 Å². The van der Waals surface area contributed by atoms with Crippen LogP contribution in [0.2, 0.25) is 0 Å². The quantitative estimate of drug-likeness (QED) is 0.453. The lowest BCUT2D eigenvalue weighted by Crippen LogP contribution is -2.20. The van der Waals surface area contributed by atoms with Gasteiger partial charge >= 0.3 is 11.9 Å². The van der Waals surface area contributed by atoms with Crippen molar-refractivity contribution >= 4 is 17.5 Å². The normalized spacial score (nSPS) is 11.3. The van der Waals surface area contributed by atoms with Crippen molar-refractivity contribution in [2.75, 3.05) is 30.8 Å². The van der Waals surface area contributed by atoms with Crippen LogP contribution in [0, 0.1) is 10.1 Å². The number of halogens is 3. The number of nitrogens with zero attached hydrogens (tertiary/aromatic N) is 3. The second kappa shape index (κ2) is 6.13. The van der Waals surface area contributed by atoms with Gasteiger partial charge in [0.05, 0.1) is 11.5 Å². The maximum atomic E-state index is 11.8. The molecule has 1 aromatic heterocycles. The van der Waals surface area contributed by atoms with Gasteiger partial charge in [-0.2, -0.15) is 18.2 Å². The molecule has 0 amide bonds. The van der Waals surface area contributed by atoms with Gasteiger partial charge in [-0.25, -0.2) is 4.98 Å². The standard InChI is InChI=1S/C8H10F3N5O3/c9-8(10,11)4-19-2-1-13-6-5(16(17)18)3-14-7(12)15-6/h3H,1-2,4H2,(H3,12,13,14,15). The summed E-state index contributed by atoms with van der Waals surface area (Å²) in [6.45, 7) is -1.77. The molecule has 0 spiro atoms. The fourth-order valence-electron chi connectivity index (χ4n) is 1.08. The number of anilines is 2. The molecule has 0 atom stereocenters. The van der Waals surface area contributed by atoms with Gasteiger partial charge in [0.2, 0.25) is 11.8 Å². The molecule has 0 aromatic carbocycles. The zero-order chi connectivity index (χ0) is 14.5. The van der Waals surface area contributed by atoms with Crippen LogP contribution >= 0.6 is 0 Å². The highest BCUT2D eigenvalue weighted by Gasteiger charge is 2.27. The van der Waals surface area contributed by atoms with E-state index in [1.807, 2.05) is 0 Å². The van der Waals surface area contributed by atoms with Crippen LogP contribution in [0.5, 0.6) is 0 Å². The fraction of sp³-hybridized carbons (Fsp3) is 0.500. The maximum absolute atomic E-state index is 11.8. The Balaban J connectivity index is 2.49. The first kappa shape index (κ1) is 14.9. The molecular formula is C8H10F3N5O3. The van der Waals surface area contributed by atoms with E-state index in [1.165, 1.54) is 0 Å². The Kier molecular flexibility index (Phi) is 4.80. The van der Waals surface area contributed by atoms with Gasteiger partial charge in [-0.1, -0.05) is 0 Å². The molecule has 0 fully saturated rings. The summed E-state index contributed by atoms with van der Waals surface area (Å²) in [5.41, 5.74) is 4.82. The Morgan fingerprint density at radius 3 is 2.79 bits per heavy atom. The lowest BCUT2D eigenvalue weighted by atomic mass is 10.4. The maximum Gasteiger partial charge on any atom is 0.411 e. The predicted molar refractivity (Wildman–Crippen MR) is 58.5 cm³/mol. The number of rotatable bonds is 6. The number of nitro groups is 1. The number of nitrogens with two attached hydrogens (primary N) is 1. The first-order valence-electron chi connectivity index (χ1n) is 4.95. The van der Waals surface area contributed by atoms with Crippen molar-refractivity contribution in [1.29, 1.82) is 0 Å². The number of nitrogens with one attached hydrogen (secondary N) is 1. The monoisotopic (exact) mass is 281 g/mol. The molecule has 0 radical (unpaired) electrons. The minimum atomic E-state index is -4.41. The van der Waals surface area contributed by atoms with Crippen molar-refractivity contribution in [3.05, 3.63) is 16.3 Å². The summed E-state index contributed by atoms with van der Waals surface area (Å²) in [6, 6.07) is 0. The molecular weight excluding hydrogens is 271 g/mol. The van der Waals surface area contributed by atoms with E-state index in [1.54, 1.807) is 0 Å². The number of hydrogen-bond donors (Lipinski definition) is 2. The Hall–Kier alpha value is -2.17. The highest BCUT2D eigenvalue weighted by molar-refractivity contribution is 5.56. The molecule has 0 bridgehead atoms. The van der Waals surface area contributed by atoms with E-state index >= 15 is 0 Å². The molecule has 0 aliphatic heterocycles. The average Bonchev–Trinajstić information content (AvgIpc) is 2.26. The molecule has 0 saturated heterocycles. The van der Waals surface area contributed by atoms with Crippen LogP contribution in [0.3, 0.4) is 0 Å². The van der Waals surface area contributed by atoms with Crippen molar-refractivity contribution in [2.45, 2.75) is 6.18 Å². The smallest absolute Gasteiger partial charge is 0.370 e. The van der Waals surface area contributed by atoms with Crippen LogP contribution < -0.4 is 11.1 Å². The third-order valence-corrected chi connectivity index (χ3v) is 1.79. The average molecular weight is 281 g/mol. The summed E-state index contributed by atoms with van der Waals surface area (Å²) in [7, 11) is 0. The summed E-state index contributed by atoms with van der Waals surface area (Å²) in [6.07, 6.45) is -3.51. The van der Waals surface area contributed by atoms with Crippen molar-refractivity contribution in [2.24, 2.45) is 0 Å². The van der Waals surface area contributed by atoms with Gasteiger partial charge in [0.25, 0.3) is 0 Å². The molecule has 0 saturated carbocycles. The molecule has 0 aliphatic carbocycles. The first-order chi connectivity index (χ1) is 8.79. The van der Waals surface area contributed by atoms with Crippen LogP contribution in [0.4, 0.5) is 30.6 Å². The number of alkyl halides is 3. The lowest BCUT2D eigenvalue weighted by Gasteiger charge is -2.09. The lowest BCUT2D eigenvalue weighted by molar-refractivity contribution is -0.384. The highest BCUT2D eigenvalue weighted by atomic mass is 19.4. The first-order valence-corrected chi connectivity index (χ1v) is 4.95. The second-order valence-electron chi connectivity index (χ2n) is 3.31. The summed E-state index contributed by atoms with van der Waals surface area (Å²) in [4.78, 5) is 16.9. The van der Waals surface area contributed by atoms with Crippen molar-refractivity contribution in [1.82, 2.24) is 9.97 Å². The molecule has 8 nitrogen and oxygen atoms in total. The topological polar surface area (TPSA) is 116 Å². The van der Waals surface area contributed by atoms with Crippen molar-refractivity contribution in [3.63, 3.8) is 0 Å². The summed E-state index contributed by atoms with van der Waals surface area (Å²) < 4.78 is 39.6. The number of ether oxygens (including phenoxy) is 1.